The number of aryl methyl sites for hydroxylation is 1. The van der Waals surface area contributed by atoms with Gasteiger partial charge in [-0.2, -0.15) is 0 Å². The molecule has 3 aliphatic rings. The van der Waals surface area contributed by atoms with E-state index >= 15 is 0 Å². The Labute approximate surface area is 268 Å². The number of anilines is 1. The fourth-order valence-electron chi connectivity index (χ4n) is 5.73. The maximum atomic E-state index is 13.9. The van der Waals surface area contributed by atoms with E-state index in [-0.39, 0.29) is 42.7 Å². The summed E-state index contributed by atoms with van der Waals surface area (Å²) >= 11 is 0. The van der Waals surface area contributed by atoms with Gasteiger partial charge in [-0.25, -0.2) is 14.8 Å². The van der Waals surface area contributed by atoms with Crippen LogP contribution in [-0.4, -0.2) is 82.4 Å². The van der Waals surface area contributed by atoms with Crippen molar-refractivity contribution in [3.05, 3.63) is 71.5 Å². The number of alkyl carbamates (subject to hydrolysis) is 1. The number of nitrogens with one attached hydrogen (secondary N) is 2. The number of nitrogens with zero attached hydrogens (tertiary/aromatic N) is 4. The van der Waals surface area contributed by atoms with Gasteiger partial charge in [0.2, 0.25) is 11.8 Å². The number of carbonyl (C=O) groups is 4. The molecule has 1 fully saturated rings. The first-order chi connectivity index (χ1) is 22.2. The summed E-state index contributed by atoms with van der Waals surface area (Å²) in [5, 5.41) is 5.62. The first-order valence-corrected chi connectivity index (χ1v) is 15.6. The van der Waals surface area contributed by atoms with E-state index in [4.69, 9.17) is 9.47 Å². The first kappa shape index (κ1) is 32.4. The van der Waals surface area contributed by atoms with Gasteiger partial charge in [0, 0.05) is 38.3 Å². The van der Waals surface area contributed by atoms with Crippen molar-refractivity contribution < 1.29 is 28.7 Å². The largest absolute Gasteiger partial charge is 0.489 e. The van der Waals surface area contributed by atoms with Gasteiger partial charge in [-0.05, 0) is 68.9 Å². The maximum absolute atomic E-state index is 13.9. The van der Waals surface area contributed by atoms with E-state index in [9.17, 15) is 19.2 Å². The average Bonchev–Trinajstić information content (AvgIpc) is 3.52. The third-order valence-corrected chi connectivity index (χ3v) is 8.10. The SMILES string of the molecule is CC(=O)Nc1cc2ccc1OC[C@@H]1CCCN1C(=O)[C@@H](NC(=O)OCc1ccccc1)CCCCN(C)C(=O)c1cc(C)nc-2n1. The molecule has 46 heavy (non-hydrogen) atoms. The molecule has 4 amide bonds. The molecule has 0 aliphatic carbocycles. The fourth-order valence-corrected chi connectivity index (χ4v) is 5.73. The Morgan fingerprint density at radius 2 is 1.80 bits per heavy atom. The number of hydrogen-bond donors (Lipinski definition) is 2. The van der Waals surface area contributed by atoms with Crippen molar-refractivity contribution in [2.75, 3.05) is 32.1 Å². The monoisotopic (exact) mass is 628 g/mol. The van der Waals surface area contributed by atoms with E-state index in [1.807, 2.05) is 30.3 Å². The standard InChI is InChI=1S/C34H40N6O6/c1-22-18-29-32(42)39(3)16-8-7-13-27(38-34(44)46-20-24-10-5-4-6-11-24)33(43)40-17-9-12-26(40)21-45-30-15-14-25(31(35-22)37-29)19-28(30)36-23(2)41/h4-6,10-11,14-15,18-19,26-27H,7-9,12-13,16-17,20-21H2,1-3H3,(H,36,41)(H,38,44)/t26-,27-/m0/s1. The predicted octanol–water partition coefficient (Wildman–Crippen LogP) is 4.33. The second kappa shape index (κ2) is 14.9. The molecule has 4 bridgehead atoms. The Hall–Kier alpha value is -5.00. The maximum Gasteiger partial charge on any atom is 0.408 e. The van der Waals surface area contributed by atoms with Crippen LogP contribution in [0.1, 0.15) is 60.8 Å². The van der Waals surface area contributed by atoms with Gasteiger partial charge < -0.3 is 29.9 Å². The Bertz CT molecular complexity index is 1580. The lowest BCUT2D eigenvalue weighted by Gasteiger charge is -2.29. The second-order valence-corrected chi connectivity index (χ2v) is 11.7. The van der Waals surface area contributed by atoms with Crippen molar-refractivity contribution in [3.63, 3.8) is 0 Å². The third kappa shape index (κ3) is 8.17. The molecule has 0 spiro atoms. The van der Waals surface area contributed by atoms with Crippen LogP contribution in [0.15, 0.2) is 54.6 Å². The number of benzene rings is 2. The lowest BCUT2D eigenvalue weighted by molar-refractivity contribution is -0.135. The number of fused-ring (bicyclic) bond motifs is 10. The van der Waals surface area contributed by atoms with E-state index in [0.717, 1.165) is 18.4 Å². The zero-order valence-corrected chi connectivity index (χ0v) is 26.5. The molecule has 0 saturated carbocycles. The number of amides is 4. The smallest absolute Gasteiger partial charge is 0.408 e. The molecule has 3 aliphatic heterocycles. The molecule has 2 atom stereocenters. The van der Waals surface area contributed by atoms with Gasteiger partial charge in [-0.15, -0.1) is 0 Å². The van der Waals surface area contributed by atoms with Crippen LogP contribution in [0.3, 0.4) is 0 Å². The molecule has 6 rings (SSSR count). The van der Waals surface area contributed by atoms with Crippen molar-refractivity contribution >= 4 is 29.5 Å². The highest BCUT2D eigenvalue weighted by molar-refractivity contribution is 5.93. The zero-order valence-electron chi connectivity index (χ0n) is 26.5. The molecule has 0 radical (unpaired) electrons. The number of hydrogen-bond acceptors (Lipinski definition) is 8. The van der Waals surface area contributed by atoms with Gasteiger partial charge in [0.25, 0.3) is 5.91 Å². The van der Waals surface area contributed by atoms with Gasteiger partial charge in [0.1, 0.15) is 30.7 Å². The van der Waals surface area contributed by atoms with E-state index < -0.39 is 12.1 Å². The number of carbonyl (C=O) groups excluding carboxylic acids is 4. The van der Waals surface area contributed by atoms with Crippen LogP contribution in [0, 0.1) is 6.92 Å². The highest BCUT2D eigenvalue weighted by atomic mass is 16.5. The van der Waals surface area contributed by atoms with Crippen LogP contribution >= 0.6 is 0 Å². The van der Waals surface area contributed by atoms with Crippen LogP contribution < -0.4 is 15.4 Å². The summed E-state index contributed by atoms with van der Waals surface area (Å²) in [6, 6.07) is 15.2. The average molecular weight is 629 g/mol. The summed E-state index contributed by atoms with van der Waals surface area (Å²) in [5.74, 6) is 0.0346. The van der Waals surface area contributed by atoms with Crippen LogP contribution in [-0.2, 0) is 20.9 Å². The molecular formula is C34H40N6O6. The minimum Gasteiger partial charge on any atom is -0.489 e. The lowest BCUT2D eigenvalue weighted by Crippen LogP contribution is -2.51. The third-order valence-electron chi connectivity index (χ3n) is 8.10. The van der Waals surface area contributed by atoms with Crippen LogP contribution in [0.4, 0.5) is 10.5 Å². The minimum atomic E-state index is -0.812. The van der Waals surface area contributed by atoms with E-state index in [1.165, 1.54) is 6.92 Å². The van der Waals surface area contributed by atoms with Crippen LogP contribution in [0.2, 0.25) is 0 Å². The van der Waals surface area contributed by atoms with Crippen molar-refractivity contribution in [2.45, 2.75) is 64.6 Å². The summed E-state index contributed by atoms with van der Waals surface area (Å²) in [5.41, 5.74) is 2.75. The molecule has 2 aromatic carbocycles. The summed E-state index contributed by atoms with van der Waals surface area (Å²) < 4.78 is 11.7. The summed E-state index contributed by atoms with van der Waals surface area (Å²) in [6.07, 6.45) is 2.42. The normalized spacial score (nSPS) is 18.9. The Morgan fingerprint density at radius 1 is 1.00 bits per heavy atom. The lowest BCUT2D eigenvalue weighted by atomic mass is 10.1. The molecule has 12 heteroatoms. The van der Waals surface area contributed by atoms with Crippen LogP contribution in [0.5, 0.6) is 5.75 Å². The molecule has 12 nitrogen and oxygen atoms in total. The van der Waals surface area contributed by atoms with E-state index in [2.05, 4.69) is 20.6 Å². The molecular weight excluding hydrogens is 588 g/mol. The van der Waals surface area contributed by atoms with Gasteiger partial charge in [0.05, 0.1) is 11.7 Å². The summed E-state index contributed by atoms with van der Waals surface area (Å²) in [7, 11) is 1.71. The molecule has 2 N–H and O–H groups in total. The van der Waals surface area contributed by atoms with Gasteiger partial charge in [-0.3, -0.25) is 14.4 Å². The van der Waals surface area contributed by atoms with Crippen molar-refractivity contribution in [3.8, 4) is 17.1 Å². The van der Waals surface area contributed by atoms with Crippen molar-refractivity contribution in [2.24, 2.45) is 0 Å². The van der Waals surface area contributed by atoms with Crippen LogP contribution in [0.25, 0.3) is 11.4 Å². The zero-order chi connectivity index (χ0) is 32.6. The van der Waals surface area contributed by atoms with E-state index in [0.29, 0.717) is 60.9 Å². The highest BCUT2D eigenvalue weighted by Crippen LogP contribution is 2.31. The quantitative estimate of drug-likeness (QED) is 0.435. The molecule has 4 heterocycles. The second-order valence-electron chi connectivity index (χ2n) is 11.7. The molecule has 1 aromatic heterocycles. The molecule has 1 saturated heterocycles. The molecule has 0 unspecified atom stereocenters. The topological polar surface area (TPSA) is 143 Å². The summed E-state index contributed by atoms with van der Waals surface area (Å²) in [6.45, 7) is 4.45. The van der Waals surface area contributed by atoms with Crippen molar-refractivity contribution in [1.29, 1.82) is 0 Å². The Balaban J connectivity index is 1.41. The van der Waals surface area contributed by atoms with Crippen molar-refractivity contribution in [1.82, 2.24) is 25.1 Å². The highest BCUT2D eigenvalue weighted by Gasteiger charge is 2.34. The molecule has 3 aromatic rings. The minimum absolute atomic E-state index is 0.0837. The Morgan fingerprint density at radius 3 is 2.59 bits per heavy atom. The summed E-state index contributed by atoms with van der Waals surface area (Å²) in [4.78, 5) is 64.7. The fraction of sp³-hybridized carbons (Fsp3) is 0.412. The first-order valence-electron chi connectivity index (χ1n) is 15.6. The molecule has 242 valence electrons. The predicted molar refractivity (Wildman–Crippen MR) is 171 cm³/mol. The van der Waals surface area contributed by atoms with Gasteiger partial charge in [-0.1, -0.05) is 30.3 Å². The number of rotatable bonds is 4. The Kier molecular flexibility index (Phi) is 10.5. The van der Waals surface area contributed by atoms with Gasteiger partial charge >= 0.3 is 6.09 Å². The number of ether oxygens (including phenoxy) is 2. The van der Waals surface area contributed by atoms with E-state index in [1.54, 1.807) is 48.0 Å². The van der Waals surface area contributed by atoms with Gasteiger partial charge in [0.15, 0.2) is 5.82 Å². The number of aromatic nitrogens is 2.